The molecule has 0 spiro atoms. The first-order chi connectivity index (χ1) is 10.2. The van der Waals surface area contributed by atoms with Gasteiger partial charge in [0.25, 0.3) is 0 Å². The van der Waals surface area contributed by atoms with Crippen LogP contribution in [0.4, 0.5) is 0 Å². The van der Waals surface area contributed by atoms with Crippen LogP contribution in [0.5, 0.6) is 5.75 Å². The number of nitrogens with one attached hydrogen (secondary N) is 1. The number of nitrogens with zero attached hydrogens (tertiary/aromatic N) is 1. The standard InChI is InChI=1S/C16H24N2O3S/c1-16(2,3)8-9-18-10-12-14(11-18)21-13-6-4-5-7-15(13)22(19,20)17-12/h4-7,12,14,17H,8-11H2,1-3H3. The Morgan fingerprint density at radius 1 is 1.27 bits per heavy atom. The van der Waals surface area contributed by atoms with Crippen molar-refractivity contribution in [2.24, 2.45) is 5.41 Å². The minimum Gasteiger partial charge on any atom is -0.486 e. The van der Waals surface area contributed by atoms with E-state index in [4.69, 9.17) is 4.74 Å². The summed E-state index contributed by atoms with van der Waals surface area (Å²) in [6.07, 6.45) is 0.953. The molecule has 1 aromatic carbocycles. The molecular formula is C16H24N2O3S. The molecule has 2 heterocycles. The van der Waals surface area contributed by atoms with Gasteiger partial charge in [0.2, 0.25) is 10.0 Å². The first-order valence-electron chi connectivity index (χ1n) is 7.75. The summed E-state index contributed by atoms with van der Waals surface area (Å²) in [4.78, 5) is 2.53. The number of sulfonamides is 1. The molecule has 0 bridgehead atoms. The molecule has 1 N–H and O–H groups in total. The fourth-order valence-electron chi connectivity index (χ4n) is 2.96. The molecule has 122 valence electrons. The van der Waals surface area contributed by atoms with E-state index in [1.165, 1.54) is 0 Å². The lowest BCUT2D eigenvalue weighted by Gasteiger charge is -2.23. The Bertz CT molecular complexity index is 652. The number of para-hydroxylation sites is 1. The van der Waals surface area contributed by atoms with E-state index < -0.39 is 10.0 Å². The lowest BCUT2D eigenvalue weighted by atomic mass is 9.92. The van der Waals surface area contributed by atoms with Crippen LogP contribution in [0.15, 0.2) is 29.2 Å². The third-order valence-electron chi connectivity index (χ3n) is 4.24. The molecule has 0 aromatic heterocycles. The Labute approximate surface area is 132 Å². The molecule has 2 aliphatic rings. The van der Waals surface area contributed by atoms with Crippen LogP contribution in [-0.4, -0.2) is 45.1 Å². The van der Waals surface area contributed by atoms with Crippen molar-refractivity contribution in [3.8, 4) is 5.75 Å². The summed E-state index contributed by atoms with van der Waals surface area (Å²) in [7, 11) is -3.50. The number of hydrogen-bond acceptors (Lipinski definition) is 4. The molecule has 2 unspecified atom stereocenters. The highest BCUT2D eigenvalue weighted by molar-refractivity contribution is 7.89. The number of hydrogen-bond donors (Lipinski definition) is 1. The van der Waals surface area contributed by atoms with Crippen LogP contribution in [0.1, 0.15) is 27.2 Å². The third-order valence-corrected chi connectivity index (χ3v) is 5.77. The fraction of sp³-hybridized carbons (Fsp3) is 0.625. The van der Waals surface area contributed by atoms with Gasteiger partial charge in [0, 0.05) is 13.1 Å². The maximum atomic E-state index is 12.4. The van der Waals surface area contributed by atoms with E-state index in [0.29, 0.717) is 12.3 Å². The molecule has 22 heavy (non-hydrogen) atoms. The second kappa shape index (κ2) is 5.51. The molecule has 1 fully saturated rings. The number of rotatable bonds is 2. The van der Waals surface area contributed by atoms with Gasteiger partial charge in [0.1, 0.15) is 16.7 Å². The fourth-order valence-corrected chi connectivity index (χ4v) is 4.35. The summed E-state index contributed by atoms with van der Waals surface area (Å²) < 4.78 is 33.7. The smallest absolute Gasteiger partial charge is 0.244 e. The van der Waals surface area contributed by atoms with Gasteiger partial charge in [-0.05, 0) is 30.5 Å². The normalized spacial score (nSPS) is 27.6. The van der Waals surface area contributed by atoms with Crippen LogP contribution >= 0.6 is 0 Å². The van der Waals surface area contributed by atoms with Crippen LogP contribution in [0.25, 0.3) is 0 Å². The summed E-state index contributed by atoms with van der Waals surface area (Å²) in [6, 6.07) is 6.67. The highest BCUT2D eigenvalue weighted by Gasteiger charge is 2.41. The van der Waals surface area contributed by atoms with Crippen molar-refractivity contribution in [1.82, 2.24) is 9.62 Å². The topological polar surface area (TPSA) is 58.6 Å². The highest BCUT2D eigenvalue weighted by atomic mass is 32.2. The Hall–Kier alpha value is -1.11. The van der Waals surface area contributed by atoms with Crippen molar-refractivity contribution >= 4 is 10.0 Å². The molecule has 2 aliphatic heterocycles. The maximum Gasteiger partial charge on any atom is 0.244 e. The number of fused-ring (bicyclic) bond motifs is 2. The molecule has 6 heteroatoms. The van der Waals surface area contributed by atoms with Gasteiger partial charge in [-0.25, -0.2) is 13.1 Å². The minimum atomic E-state index is -3.50. The van der Waals surface area contributed by atoms with E-state index in [1.54, 1.807) is 24.3 Å². The summed E-state index contributed by atoms with van der Waals surface area (Å²) in [5.41, 5.74) is 0.275. The molecular weight excluding hydrogens is 300 g/mol. The van der Waals surface area contributed by atoms with Gasteiger partial charge in [0.15, 0.2) is 0 Å². The second-order valence-electron chi connectivity index (χ2n) is 7.40. The van der Waals surface area contributed by atoms with E-state index in [9.17, 15) is 8.42 Å². The zero-order valence-corrected chi connectivity index (χ0v) is 14.2. The molecule has 3 rings (SSSR count). The zero-order chi connectivity index (χ0) is 16.0. The minimum absolute atomic E-state index is 0.126. The predicted octanol–water partition coefficient (Wildman–Crippen LogP) is 1.85. The summed E-state index contributed by atoms with van der Waals surface area (Å²) in [5.74, 6) is 0.458. The Morgan fingerprint density at radius 3 is 2.73 bits per heavy atom. The van der Waals surface area contributed by atoms with E-state index in [-0.39, 0.29) is 22.5 Å². The van der Waals surface area contributed by atoms with E-state index in [0.717, 1.165) is 19.5 Å². The van der Waals surface area contributed by atoms with Gasteiger partial charge in [-0.1, -0.05) is 32.9 Å². The van der Waals surface area contributed by atoms with Gasteiger partial charge in [-0.15, -0.1) is 0 Å². The molecule has 5 nitrogen and oxygen atoms in total. The van der Waals surface area contributed by atoms with Crippen molar-refractivity contribution in [3.63, 3.8) is 0 Å². The van der Waals surface area contributed by atoms with Gasteiger partial charge < -0.3 is 4.74 Å². The van der Waals surface area contributed by atoms with Gasteiger partial charge in [-0.2, -0.15) is 0 Å². The van der Waals surface area contributed by atoms with Crippen LogP contribution in [0, 0.1) is 5.41 Å². The summed E-state index contributed by atoms with van der Waals surface area (Å²) >= 11 is 0. The van der Waals surface area contributed by atoms with Crippen molar-refractivity contribution in [1.29, 1.82) is 0 Å². The van der Waals surface area contributed by atoms with Crippen molar-refractivity contribution in [2.45, 2.75) is 44.2 Å². The lowest BCUT2D eigenvalue weighted by Crippen LogP contribution is -2.42. The summed E-state index contributed by atoms with van der Waals surface area (Å²) in [5, 5.41) is 0. The van der Waals surface area contributed by atoms with E-state index in [1.807, 2.05) is 0 Å². The van der Waals surface area contributed by atoms with Crippen molar-refractivity contribution < 1.29 is 13.2 Å². The average Bonchev–Trinajstić information content (AvgIpc) is 2.73. The van der Waals surface area contributed by atoms with Crippen LogP contribution in [-0.2, 0) is 10.0 Å². The molecule has 1 saturated heterocycles. The van der Waals surface area contributed by atoms with Gasteiger partial charge >= 0.3 is 0 Å². The van der Waals surface area contributed by atoms with Crippen molar-refractivity contribution in [3.05, 3.63) is 24.3 Å². The molecule has 0 aliphatic carbocycles. The number of ether oxygens (including phenoxy) is 1. The van der Waals surface area contributed by atoms with Crippen molar-refractivity contribution in [2.75, 3.05) is 19.6 Å². The molecule has 0 saturated carbocycles. The SMILES string of the molecule is CC(C)(C)CCN1CC2NS(=O)(=O)c3ccccc3OC2C1. The molecule has 2 atom stereocenters. The quantitative estimate of drug-likeness (QED) is 0.902. The zero-order valence-electron chi connectivity index (χ0n) is 13.4. The van der Waals surface area contributed by atoms with E-state index >= 15 is 0 Å². The third kappa shape index (κ3) is 3.29. The Kier molecular flexibility index (Phi) is 3.95. The van der Waals surface area contributed by atoms with Gasteiger partial charge in [0.05, 0.1) is 6.04 Å². The maximum absolute atomic E-state index is 12.4. The average molecular weight is 324 g/mol. The second-order valence-corrected chi connectivity index (χ2v) is 9.08. The predicted molar refractivity (Wildman–Crippen MR) is 85.5 cm³/mol. The first kappa shape index (κ1) is 15.8. The number of benzene rings is 1. The number of likely N-dealkylation sites (tertiary alicyclic amines) is 1. The van der Waals surface area contributed by atoms with Crippen LogP contribution in [0.2, 0.25) is 0 Å². The summed E-state index contributed by atoms with van der Waals surface area (Å²) in [6.45, 7) is 9.08. The first-order valence-corrected chi connectivity index (χ1v) is 9.23. The lowest BCUT2D eigenvalue weighted by molar-refractivity contribution is 0.180. The van der Waals surface area contributed by atoms with Crippen LogP contribution < -0.4 is 9.46 Å². The molecule has 0 amide bonds. The van der Waals surface area contributed by atoms with Crippen LogP contribution in [0.3, 0.4) is 0 Å². The molecule has 1 aromatic rings. The van der Waals surface area contributed by atoms with Gasteiger partial charge in [-0.3, -0.25) is 4.90 Å². The Morgan fingerprint density at radius 2 is 2.00 bits per heavy atom. The van der Waals surface area contributed by atoms with E-state index in [2.05, 4.69) is 30.4 Å². The highest BCUT2D eigenvalue weighted by Crippen LogP contribution is 2.31. The largest absolute Gasteiger partial charge is 0.486 e. The monoisotopic (exact) mass is 324 g/mol. The Balaban J connectivity index is 1.77. The molecule has 0 radical (unpaired) electrons.